The number of non-ortho nitro benzene ring substituents is 1. The van der Waals surface area contributed by atoms with E-state index in [4.69, 9.17) is 0 Å². The number of benzene rings is 3. The minimum absolute atomic E-state index is 0.0215. The quantitative estimate of drug-likeness (QED) is 0.263. The molecule has 0 aliphatic rings. The molecule has 1 unspecified atom stereocenters. The minimum Gasteiger partial charge on any atom is -0.342 e. The molecule has 7 heteroatoms. The Labute approximate surface area is 178 Å². The third-order valence-electron chi connectivity index (χ3n) is 4.85. The molecule has 0 bridgehead atoms. The number of fused-ring (bicyclic) bond motifs is 1. The molecule has 1 aromatic heterocycles. The Morgan fingerprint density at radius 1 is 1.06 bits per heavy atom. The highest BCUT2D eigenvalue weighted by Crippen LogP contribution is 2.20. The number of H-pyrrole nitrogens is 1. The van der Waals surface area contributed by atoms with Crippen molar-refractivity contribution in [2.45, 2.75) is 12.5 Å². The van der Waals surface area contributed by atoms with E-state index in [-0.39, 0.29) is 17.6 Å². The predicted molar refractivity (Wildman–Crippen MR) is 119 cm³/mol. The topological polar surface area (TPSA) is 101 Å². The van der Waals surface area contributed by atoms with Crippen LogP contribution in [-0.2, 0) is 11.2 Å². The summed E-state index contributed by atoms with van der Waals surface area (Å²) in [5, 5.41) is 13.9. The largest absolute Gasteiger partial charge is 0.342 e. The van der Waals surface area contributed by atoms with Crippen LogP contribution in [0.3, 0.4) is 0 Å². The van der Waals surface area contributed by atoms with Crippen LogP contribution in [0.2, 0.25) is 0 Å². The summed E-state index contributed by atoms with van der Waals surface area (Å²) in [5.41, 5.74) is 3.35. The van der Waals surface area contributed by atoms with E-state index < -0.39 is 4.92 Å². The number of carbonyl (C=O) groups excluding carboxylic acids is 1. The molecule has 4 rings (SSSR count). The summed E-state index contributed by atoms with van der Waals surface area (Å²) in [4.78, 5) is 31.1. The molecule has 0 fully saturated rings. The minimum atomic E-state index is -0.463. The van der Waals surface area contributed by atoms with Gasteiger partial charge >= 0.3 is 0 Å². The van der Waals surface area contributed by atoms with Crippen molar-refractivity contribution < 1.29 is 9.72 Å². The van der Waals surface area contributed by atoms with Crippen molar-refractivity contribution in [3.63, 3.8) is 0 Å². The summed E-state index contributed by atoms with van der Waals surface area (Å²) in [6.45, 7) is 0. The Kier molecular flexibility index (Phi) is 5.84. The summed E-state index contributed by atoms with van der Waals surface area (Å²) in [5.74, 6) is 0.357. The molecule has 4 aromatic rings. The summed E-state index contributed by atoms with van der Waals surface area (Å²) in [6, 6.07) is 23.3. The number of nitro benzene ring substituents is 1. The van der Waals surface area contributed by atoms with Crippen LogP contribution in [0.25, 0.3) is 17.1 Å². The van der Waals surface area contributed by atoms with E-state index in [2.05, 4.69) is 15.3 Å². The maximum atomic E-state index is 12.7. The monoisotopic (exact) mass is 412 g/mol. The number of nitrogens with zero attached hydrogens (tertiary/aromatic N) is 2. The average molecular weight is 412 g/mol. The Morgan fingerprint density at radius 3 is 2.61 bits per heavy atom. The Bertz CT molecular complexity index is 1210. The van der Waals surface area contributed by atoms with Crippen molar-refractivity contribution in [3.05, 3.63) is 112 Å². The van der Waals surface area contributed by atoms with E-state index in [1.54, 1.807) is 18.2 Å². The number of imidazole rings is 1. The van der Waals surface area contributed by atoms with Gasteiger partial charge in [0.05, 0.1) is 22.0 Å². The van der Waals surface area contributed by atoms with Crippen molar-refractivity contribution >= 4 is 28.7 Å². The predicted octanol–water partition coefficient (Wildman–Crippen LogP) is 4.58. The highest BCUT2D eigenvalue weighted by atomic mass is 16.6. The molecule has 1 amide bonds. The number of nitro groups is 1. The number of rotatable bonds is 7. The fourth-order valence-electron chi connectivity index (χ4n) is 3.34. The number of carbonyl (C=O) groups is 1. The molecular formula is C24H20N4O3. The molecule has 1 atom stereocenters. The first-order valence-corrected chi connectivity index (χ1v) is 9.80. The third kappa shape index (κ3) is 5.02. The Hall–Kier alpha value is -4.26. The lowest BCUT2D eigenvalue weighted by Crippen LogP contribution is -2.29. The summed E-state index contributed by atoms with van der Waals surface area (Å²) in [6.07, 6.45) is 3.50. The zero-order valence-electron chi connectivity index (χ0n) is 16.6. The van der Waals surface area contributed by atoms with Gasteiger partial charge < -0.3 is 10.3 Å². The van der Waals surface area contributed by atoms with Crippen molar-refractivity contribution in [3.8, 4) is 0 Å². The van der Waals surface area contributed by atoms with Crippen LogP contribution in [0.5, 0.6) is 0 Å². The van der Waals surface area contributed by atoms with Crippen LogP contribution in [0.4, 0.5) is 5.69 Å². The zero-order valence-corrected chi connectivity index (χ0v) is 16.6. The summed E-state index contributed by atoms with van der Waals surface area (Å²) in [7, 11) is 0. The van der Waals surface area contributed by atoms with E-state index in [9.17, 15) is 14.9 Å². The average Bonchev–Trinajstić information content (AvgIpc) is 3.22. The molecule has 0 spiro atoms. The van der Waals surface area contributed by atoms with Crippen molar-refractivity contribution in [1.82, 2.24) is 15.3 Å². The van der Waals surface area contributed by atoms with Crippen LogP contribution >= 0.6 is 0 Å². The lowest BCUT2D eigenvalue weighted by molar-refractivity contribution is -0.384. The number of aromatic amines is 1. The van der Waals surface area contributed by atoms with Crippen molar-refractivity contribution in [2.75, 3.05) is 0 Å². The van der Waals surface area contributed by atoms with Gasteiger partial charge in [-0.3, -0.25) is 14.9 Å². The maximum absolute atomic E-state index is 12.7. The highest BCUT2D eigenvalue weighted by molar-refractivity contribution is 5.92. The van der Waals surface area contributed by atoms with Gasteiger partial charge in [0.25, 0.3) is 5.69 Å². The number of aromatic nitrogens is 2. The smallest absolute Gasteiger partial charge is 0.270 e. The van der Waals surface area contributed by atoms with Crippen LogP contribution in [0, 0.1) is 10.1 Å². The van der Waals surface area contributed by atoms with Gasteiger partial charge in [-0.15, -0.1) is 0 Å². The van der Waals surface area contributed by atoms with Gasteiger partial charge in [0, 0.05) is 18.2 Å². The van der Waals surface area contributed by atoms with Gasteiger partial charge in [0.1, 0.15) is 5.82 Å². The normalized spacial score (nSPS) is 12.1. The lowest BCUT2D eigenvalue weighted by atomic mass is 10.1. The van der Waals surface area contributed by atoms with Crippen LogP contribution < -0.4 is 5.32 Å². The van der Waals surface area contributed by atoms with E-state index >= 15 is 0 Å². The van der Waals surface area contributed by atoms with Gasteiger partial charge in [-0.1, -0.05) is 54.6 Å². The fraction of sp³-hybridized carbons (Fsp3) is 0.0833. The number of nitrogens with one attached hydrogen (secondary N) is 2. The van der Waals surface area contributed by atoms with E-state index in [1.165, 1.54) is 18.2 Å². The van der Waals surface area contributed by atoms with E-state index in [0.717, 1.165) is 16.6 Å². The van der Waals surface area contributed by atoms with Crippen molar-refractivity contribution in [2.24, 2.45) is 0 Å². The first-order chi connectivity index (χ1) is 15.1. The fourth-order valence-corrected chi connectivity index (χ4v) is 3.34. The van der Waals surface area contributed by atoms with Gasteiger partial charge in [-0.05, 0) is 35.8 Å². The number of para-hydroxylation sites is 2. The maximum Gasteiger partial charge on any atom is 0.270 e. The molecule has 0 radical (unpaired) electrons. The molecule has 0 saturated carbocycles. The number of hydrogen-bond donors (Lipinski definition) is 2. The second kappa shape index (κ2) is 9.04. The molecule has 154 valence electrons. The molecule has 7 nitrogen and oxygen atoms in total. The van der Waals surface area contributed by atoms with Gasteiger partial charge in [0.2, 0.25) is 5.91 Å². The molecule has 1 heterocycles. The first kappa shape index (κ1) is 20.0. The molecule has 0 saturated heterocycles. The Morgan fingerprint density at radius 2 is 1.84 bits per heavy atom. The lowest BCUT2D eigenvalue weighted by Gasteiger charge is -2.16. The SMILES string of the molecule is O=C(/C=C/c1cccc([N+](=O)[O-])c1)NC(Cc1ccccc1)c1nc2ccccc2[nH]1. The molecule has 3 aromatic carbocycles. The zero-order chi connectivity index (χ0) is 21.6. The van der Waals surface area contributed by atoms with Gasteiger partial charge in [-0.25, -0.2) is 4.98 Å². The van der Waals surface area contributed by atoms with E-state index in [0.29, 0.717) is 17.8 Å². The highest BCUT2D eigenvalue weighted by Gasteiger charge is 2.18. The Balaban J connectivity index is 1.55. The van der Waals surface area contributed by atoms with Gasteiger partial charge in [0.15, 0.2) is 0 Å². The van der Waals surface area contributed by atoms with Crippen LogP contribution in [0.1, 0.15) is 23.0 Å². The molecule has 31 heavy (non-hydrogen) atoms. The second-order valence-corrected chi connectivity index (χ2v) is 7.08. The second-order valence-electron chi connectivity index (χ2n) is 7.08. The van der Waals surface area contributed by atoms with Crippen molar-refractivity contribution in [1.29, 1.82) is 0 Å². The van der Waals surface area contributed by atoms with Gasteiger partial charge in [-0.2, -0.15) is 0 Å². The number of amides is 1. The third-order valence-corrected chi connectivity index (χ3v) is 4.85. The summed E-state index contributed by atoms with van der Waals surface area (Å²) < 4.78 is 0. The van der Waals surface area contributed by atoms with Crippen LogP contribution in [-0.4, -0.2) is 20.8 Å². The molecule has 0 aliphatic heterocycles. The first-order valence-electron chi connectivity index (χ1n) is 9.80. The molecule has 2 N–H and O–H groups in total. The van der Waals surface area contributed by atoms with E-state index in [1.807, 2.05) is 54.6 Å². The standard InChI is InChI=1S/C24H20N4O3/c29-23(14-13-18-9-6-10-19(15-18)28(30)31)25-22(16-17-7-2-1-3-8-17)24-26-20-11-4-5-12-21(20)27-24/h1-15,22H,16H2,(H,25,29)(H,26,27)/b14-13+. The summed E-state index contributed by atoms with van der Waals surface area (Å²) >= 11 is 0. The molecule has 0 aliphatic carbocycles. The molecular weight excluding hydrogens is 392 g/mol. The number of hydrogen-bond acceptors (Lipinski definition) is 4. The van der Waals surface area contributed by atoms with Crippen LogP contribution in [0.15, 0.2) is 84.9 Å².